The van der Waals surface area contributed by atoms with E-state index < -0.39 is 0 Å². The van der Waals surface area contributed by atoms with E-state index in [4.69, 9.17) is 0 Å². The van der Waals surface area contributed by atoms with E-state index in [1.807, 2.05) is 24.3 Å². The first-order valence-electron chi connectivity index (χ1n) is 11.0. The molecule has 0 bridgehead atoms. The quantitative estimate of drug-likeness (QED) is 0.433. The van der Waals surface area contributed by atoms with E-state index in [9.17, 15) is 4.79 Å². The Labute approximate surface area is 178 Å². The maximum Gasteiger partial charge on any atom is 0.251 e. The van der Waals surface area contributed by atoms with Crippen LogP contribution < -0.4 is 5.32 Å². The second-order valence-corrected chi connectivity index (χ2v) is 7.93. The molecule has 1 amide bonds. The Morgan fingerprint density at radius 2 is 1.77 bits per heavy atom. The summed E-state index contributed by atoms with van der Waals surface area (Å²) < 4.78 is 0. The third kappa shape index (κ3) is 4.17. The van der Waals surface area contributed by atoms with Gasteiger partial charge in [-0.15, -0.1) is 0 Å². The summed E-state index contributed by atoms with van der Waals surface area (Å²) in [7, 11) is 0. The first kappa shape index (κ1) is 20.4. The van der Waals surface area contributed by atoms with E-state index in [0.29, 0.717) is 12.1 Å². The molecule has 3 aromatic rings. The Balaban J connectivity index is 1.39. The molecule has 0 fully saturated rings. The van der Waals surface area contributed by atoms with Gasteiger partial charge in [-0.1, -0.05) is 50.2 Å². The number of hydrogen-bond acceptors (Lipinski definition) is 3. The SMILES string of the molecule is CCCN(CCC)CCNC(=O)c1ccc(-c2n[nH]c3c2Cc2ccccc2-3)cc1. The molecular formula is C25H30N4O. The lowest BCUT2D eigenvalue weighted by atomic mass is 10.0. The minimum atomic E-state index is -0.0193. The molecule has 2 N–H and O–H groups in total. The Hall–Kier alpha value is -2.92. The van der Waals surface area contributed by atoms with Crippen LogP contribution in [0.5, 0.6) is 0 Å². The van der Waals surface area contributed by atoms with Gasteiger partial charge in [0.15, 0.2) is 0 Å². The van der Waals surface area contributed by atoms with Crippen molar-refractivity contribution in [2.75, 3.05) is 26.2 Å². The van der Waals surface area contributed by atoms with Gasteiger partial charge >= 0.3 is 0 Å². The molecule has 0 saturated carbocycles. The van der Waals surface area contributed by atoms with Gasteiger partial charge in [0.05, 0.1) is 11.4 Å². The van der Waals surface area contributed by atoms with Crippen molar-refractivity contribution < 1.29 is 4.79 Å². The molecule has 1 aromatic heterocycles. The maximum atomic E-state index is 12.5. The van der Waals surface area contributed by atoms with Crippen molar-refractivity contribution in [2.24, 2.45) is 0 Å². The average molecular weight is 403 g/mol. The fourth-order valence-corrected chi connectivity index (χ4v) is 4.28. The van der Waals surface area contributed by atoms with Gasteiger partial charge in [-0.05, 0) is 43.6 Å². The number of aromatic amines is 1. The van der Waals surface area contributed by atoms with E-state index in [2.05, 4.69) is 58.5 Å². The van der Waals surface area contributed by atoms with E-state index in [1.165, 1.54) is 16.7 Å². The van der Waals surface area contributed by atoms with Gasteiger partial charge in [0.25, 0.3) is 5.91 Å². The van der Waals surface area contributed by atoms with Crippen LogP contribution in [0.15, 0.2) is 48.5 Å². The number of carbonyl (C=O) groups excluding carboxylic acids is 1. The first-order valence-corrected chi connectivity index (χ1v) is 11.0. The number of aromatic nitrogens is 2. The summed E-state index contributed by atoms with van der Waals surface area (Å²) in [6.07, 6.45) is 3.17. The molecule has 1 aliphatic carbocycles. The van der Waals surface area contributed by atoms with Gasteiger partial charge < -0.3 is 10.2 Å². The van der Waals surface area contributed by atoms with Crippen LogP contribution >= 0.6 is 0 Å². The normalized spacial score (nSPS) is 12.1. The zero-order valence-electron chi connectivity index (χ0n) is 17.9. The van der Waals surface area contributed by atoms with Crippen LogP contribution in [-0.4, -0.2) is 47.2 Å². The lowest BCUT2D eigenvalue weighted by Crippen LogP contribution is -2.35. The zero-order valence-corrected chi connectivity index (χ0v) is 17.9. The Morgan fingerprint density at radius 3 is 2.50 bits per heavy atom. The second kappa shape index (κ2) is 9.26. The lowest BCUT2D eigenvalue weighted by molar-refractivity contribution is 0.0948. The maximum absolute atomic E-state index is 12.5. The molecule has 0 aliphatic heterocycles. The number of H-pyrrole nitrogens is 1. The molecule has 30 heavy (non-hydrogen) atoms. The van der Waals surface area contributed by atoms with Gasteiger partial charge in [0.1, 0.15) is 0 Å². The van der Waals surface area contributed by atoms with Crippen LogP contribution in [0.1, 0.15) is 48.2 Å². The van der Waals surface area contributed by atoms with Crippen molar-refractivity contribution in [3.05, 3.63) is 65.2 Å². The number of nitrogens with one attached hydrogen (secondary N) is 2. The predicted octanol–water partition coefficient (Wildman–Crippen LogP) is 4.50. The van der Waals surface area contributed by atoms with Crippen LogP contribution in [0.2, 0.25) is 0 Å². The summed E-state index contributed by atoms with van der Waals surface area (Å²) in [4.78, 5) is 14.9. The smallest absolute Gasteiger partial charge is 0.251 e. The largest absolute Gasteiger partial charge is 0.351 e. The monoisotopic (exact) mass is 402 g/mol. The van der Waals surface area contributed by atoms with Crippen molar-refractivity contribution in [2.45, 2.75) is 33.1 Å². The molecule has 0 spiro atoms. The third-order valence-electron chi connectivity index (χ3n) is 5.73. The first-order chi connectivity index (χ1) is 14.7. The summed E-state index contributed by atoms with van der Waals surface area (Å²) in [6, 6.07) is 16.2. The molecular weight excluding hydrogens is 372 g/mol. The van der Waals surface area contributed by atoms with E-state index >= 15 is 0 Å². The van der Waals surface area contributed by atoms with Crippen LogP contribution in [0.4, 0.5) is 0 Å². The number of nitrogens with zero attached hydrogens (tertiary/aromatic N) is 2. The fourth-order valence-electron chi connectivity index (χ4n) is 4.28. The number of benzene rings is 2. The van der Waals surface area contributed by atoms with E-state index in [0.717, 1.165) is 55.8 Å². The number of amides is 1. The third-order valence-corrected chi connectivity index (χ3v) is 5.73. The van der Waals surface area contributed by atoms with Crippen molar-refractivity contribution >= 4 is 5.91 Å². The van der Waals surface area contributed by atoms with Gasteiger partial charge in [0, 0.05) is 41.8 Å². The standard InChI is InChI=1S/C25H30N4O/c1-3-14-29(15-4-2)16-13-26-25(30)19-11-9-18(10-12-19)23-22-17-20-7-5-6-8-21(20)24(22)28-27-23/h5-12H,3-4,13-17H2,1-2H3,(H,26,30)(H,27,28). The van der Waals surface area contributed by atoms with Gasteiger partial charge in [0.2, 0.25) is 0 Å². The number of carbonyl (C=O) groups is 1. The molecule has 0 saturated heterocycles. The second-order valence-electron chi connectivity index (χ2n) is 7.93. The molecule has 156 valence electrons. The summed E-state index contributed by atoms with van der Waals surface area (Å²) >= 11 is 0. The average Bonchev–Trinajstić information content (AvgIpc) is 3.33. The fraction of sp³-hybridized carbons (Fsp3) is 0.360. The number of rotatable bonds is 9. The number of fused-ring (bicyclic) bond motifs is 3. The Kier molecular flexibility index (Phi) is 6.29. The zero-order chi connectivity index (χ0) is 20.9. The highest BCUT2D eigenvalue weighted by molar-refractivity contribution is 5.94. The summed E-state index contributed by atoms with van der Waals surface area (Å²) in [6.45, 7) is 8.11. The highest BCUT2D eigenvalue weighted by Crippen LogP contribution is 2.39. The Morgan fingerprint density at radius 1 is 1.03 bits per heavy atom. The molecule has 0 radical (unpaired) electrons. The van der Waals surface area contributed by atoms with Gasteiger partial charge in [-0.3, -0.25) is 9.89 Å². The van der Waals surface area contributed by atoms with E-state index in [1.54, 1.807) is 0 Å². The molecule has 5 heteroatoms. The molecule has 5 nitrogen and oxygen atoms in total. The number of hydrogen-bond donors (Lipinski definition) is 2. The highest BCUT2D eigenvalue weighted by atomic mass is 16.1. The van der Waals surface area contributed by atoms with Crippen LogP contribution in [0.25, 0.3) is 22.5 Å². The van der Waals surface area contributed by atoms with Gasteiger partial charge in [-0.25, -0.2) is 0 Å². The lowest BCUT2D eigenvalue weighted by Gasteiger charge is -2.20. The van der Waals surface area contributed by atoms with Crippen LogP contribution in [-0.2, 0) is 6.42 Å². The van der Waals surface area contributed by atoms with E-state index in [-0.39, 0.29) is 5.91 Å². The topological polar surface area (TPSA) is 61.0 Å². The minimum absolute atomic E-state index is 0.0193. The van der Waals surface area contributed by atoms with Crippen LogP contribution in [0.3, 0.4) is 0 Å². The molecule has 0 unspecified atom stereocenters. The van der Waals surface area contributed by atoms with Crippen molar-refractivity contribution in [1.29, 1.82) is 0 Å². The Bertz CT molecular complexity index is 1000. The summed E-state index contributed by atoms with van der Waals surface area (Å²) in [5, 5.41) is 10.8. The van der Waals surface area contributed by atoms with Crippen molar-refractivity contribution in [3.8, 4) is 22.5 Å². The van der Waals surface area contributed by atoms with Crippen molar-refractivity contribution in [3.63, 3.8) is 0 Å². The van der Waals surface area contributed by atoms with Gasteiger partial charge in [-0.2, -0.15) is 5.10 Å². The van der Waals surface area contributed by atoms with Crippen molar-refractivity contribution in [1.82, 2.24) is 20.4 Å². The molecule has 4 rings (SSSR count). The molecule has 2 aromatic carbocycles. The summed E-state index contributed by atoms with van der Waals surface area (Å²) in [5.74, 6) is -0.0193. The predicted molar refractivity (Wildman–Crippen MR) is 122 cm³/mol. The van der Waals surface area contributed by atoms with Crippen LogP contribution in [0, 0.1) is 0 Å². The minimum Gasteiger partial charge on any atom is -0.351 e. The molecule has 1 aliphatic rings. The molecule has 0 atom stereocenters. The highest BCUT2D eigenvalue weighted by Gasteiger charge is 2.24. The molecule has 1 heterocycles. The summed E-state index contributed by atoms with van der Waals surface area (Å²) in [5.41, 5.74) is 7.62.